The van der Waals surface area contributed by atoms with Gasteiger partial charge in [0.15, 0.2) is 0 Å². The van der Waals surface area contributed by atoms with Crippen LogP contribution in [-0.4, -0.2) is 78.7 Å². The molecule has 0 aliphatic carbocycles. The van der Waals surface area contributed by atoms with Gasteiger partial charge in [0, 0.05) is 61.1 Å². The van der Waals surface area contributed by atoms with Crippen LogP contribution in [0.1, 0.15) is 24.2 Å². The van der Waals surface area contributed by atoms with E-state index in [-0.39, 0.29) is 29.7 Å². The Morgan fingerprint density at radius 2 is 1.93 bits per heavy atom. The van der Waals surface area contributed by atoms with Gasteiger partial charge in [0.1, 0.15) is 17.0 Å². The zero-order valence-electron chi connectivity index (χ0n) is 24.1. The van der Waals surface area contributed by atoms with Crippen LogP contribution in [0.2, 0.25) is 0 Å². The number of nitrogens with zero attached hydrogens (tertiary/aromatic N) is 5. The fraction of sp³-hybridized carbons (Fsp3) is 0.345. The number of carbonyl (C=O) groups is 1. The van der Waals surface area contributed by atoms with Crippen molar-refractivity contribution in [3.05, 3.63) is 64.5 Å². The molecular formula is C29H35N7O5. The number of anilines is 3. The number of fused-ring (bicyclic) bond motifs is 1. The van der Waals surface area contributed by atoms with Gasteiger partial charge in [-0.15, -0.1) is 0 Å². The number of aromatic amines is 1. The van der Waals surface area contributed by atoms with E-state index in [0.717, 1.165) is 10.9 Å². The Morgan fingerprint density at radius 3 is 2.61 bits per heavy atom. The first-order chi connectivity index (χ1) is 19.6. The minimum atomic E-state index is -0.538. The van der Waals surface area contributed by atoms with Crippen LogP contribution in [-0.2, 0) is 4.74 Å². The lowest BCUT2D eigenvalue weighted by Gasteiger charge is -2.22. The van der Waals surface area contributed by atoms with Crippen LogP contribution in [0, 0.1) is 16.0 Å². The molecule has 12 nitrogen and oxygen atoms in total. The molecule has 0 bridgehead atoms. The average Bonchev–Trinajstić information content (AvgIpc) is 3.38. The Balaban J connectivity index is 1.77. The fourth-order valence-electron chi connectivity index (χ4n) is 4.25. The van der Waals surface area contributed by atoms with Gasteiger partial charge < -0.3 is 29.6 Å². The highest BCUT2D eigenvalue weighted by molar-refractivity contribution is 6.02. The molecule has 0 unspecified atom stereocenters. The van der Waals surface area contributed by atoms with E-state index in [1.54, 1.807) is 19.3 Å². The third kappa shape index (κ3) is 6.72. The lowest BCUT2D eigenvalue weighted by atomic mass is 10.1. The van der Waals surface area contributed by atoms with E-state index in [1.807, 2.05) is 62.0 Å². The van der Waals surface area contributed by atoms with Crippen molar-refractivity contribution >= 4 is 39.9 Å². The molecule has 0 amide bonds. The number of likely N-dealkylation sites (N-methyl/N-ethyl adjacent to an activating group) is 2. The van der Waals surface area contributed by atoms with Crippen molar-refractivity contribution in [3.63, 3.8) is 0 Å². The van der Waals surface area contributed by atoms with Gasteiger partial charge in [-0.25, -0.2) is 14.8 Å². The first kappa shape index (κ1) is 29.3. The van der Waals surface area contributed by atoms with E-state index in [2.05, 4.69) is 20.3 Å². The van der Waals surface area contributed by atoms with Crippen molar-refractivity contribution < 1.29 is 19.2 Å². The summed E-state index contributed by atoms with van der Waals surface area (Å²) >= 11 is 0. The predicted octanol–water partition coefficient (Wildman–Crippen LogP) is 5.10. The molecule has 216 valence electrons. The first-order valence-corrected chi connectivity index (χ1v) is 13.2. The summed E-state index contributed by atoms with van der Waals surface area (Å²) < 4.78 is 11.1. The molecule has 2 aromatic carbocycles. The minimum Gasteiger partial charge on any atom is -0.494 e. The molecule has 41 heavy (non-hydrogen) atoms. The molecule has 0 aliphatic heterocycles. The van der Waals surface area contributed by atoms with Gasteiger partial charge in [0.05, 0.1) is 30.0 Å². The number of carbonyl (C=O) groups excluding carboxylic acids is 1. The number of H-pyrrole nitrogens is 1. The Morgan fingerprint density at radius 1 is 1.17 bits per heavy atom. The summed E-state index contributed by atoms with van der Waals surface area (Å²) in [6.45, 7) is 5.45. The van der Waals surface area contributed by atoms with Crippen LogP contribution in [0.5, 0.6) is 5.75 Å². The summed E-state index contributed by atoms with van der Waals surface area (Å²) in [7, 11) is 7.17. The van der Waals surface area contributed by atoms with E-state index in [0.29, 0.717) is 41.5 Å². The van der Waals surface area contributed by atoms with E-state index in [1.165, 1.54) is 19.4 Å². The normalized spacial score (nSPS) is 11.2. The zero-order valence-corrected chi connectivity index (χ0v) is 24.1. The maximum atomic E-state index is 13.1. The molecule has 4 aromatic rings. The van der Waals surface area contributed by atoms with Crippen molar-refractivity contribution in [2.75, 3.05) is 58.2 Å². The number of nitro groups is 1. The summed E-state index contributed by atoms with van der Waals surface area (Å²) in [5.74, 6) is 0.126. The third-order valence-corrected chi connectivity index (χ3v) is 6.43. The minimum absolute atomic E-state index is 0.0970. The highest BCUT2D eigenvalue weighted by Crippen LogP contribution is 2.39. The molecule has 0 spiro atoms. The molecule has 2 heterocycles. The van der Waals surface area contributed by atoms with Crippen molar-refractivity contribution in [2.45, 2.75) is 13.8 Å². The van der Waals surface area contributed by atoms with Crippen molar-refractivity contribution in [1.29, 1.82) is 0 Å². The van der Waals surface area contributed by atoms with Crippen LogP contribution in [0.25, 0.3) is 22.2 Å². The standard InChI is InChI=1S/C29H35N7O5/c1-18(2)17-41-28(37)21-16-31-29(33-27(21)20-15-30-22-10-8-7-9-19(20)22)32-23-13-25(36(38)39)24(14-26(23)40-6)35(5)12-11-34(3)4/h7-10,13-16,18,30H,11-12,17H2,1-6H3,(H,31,32,33). The lowest BCUT2D eigenvalue weighted by molar-refractivity contribution is -0.384. The number of nitrogens with one attached hydrogen (secondary N) is 2. The molecule has 4 rings (SSSR count). The van der Waals surface area contributed by atoms with Gasteiger partial charge in [0.2, 0.25) is 5.95 Å². The number of benzene rings is 2. The molecule has 2 N–H and O–H groups in total. The predicted molar refractivity (Wildman–Crippen MR) is 159 cm³/mol. The molecule has 0 saturated heterocycles. The number of para-hydroxylation sites is 1. The van der Waals surface area contributed by atoms with Crippen molar-refractivity contribution in [2.24, 2.45) is 5.92 Å². The van der Waals surface area contributed by atoms with Crippen LogP contribution in [0.4, 0.5) is 23.0 Å². The average molecular weight is 562 g/mol. The van der Waals surface area contributed by atoms with E-state index in [4.69, 9.17) is 9.47 Å². The largest absolute Gasteiger partial charge is 0.494 e. The SMILES string of the molecule is COc1cc(N(C)CCN(C)C)c([N+](=O)[O-])cc1Nc1ncc(C(=O)OCC(C)C)c(-c2c[nH]c3ccccc23)n1. The first-order valence-electron chi connectivity index (χ1n) is 13.2. The monoisotopic (exact) mass is 561 g/mol. The third-order valence-electron chi connectivity index (χ3n) is 6.43. The van der Waals surface area contributed by atoms with Crippen LogP contribution in [0.3, 0.4) is 0 Å². The second kappa shape index (κ2) is 12.6. The number of rotatable bonds is 12. The highest BCUT2D eigenvalue weighted by atomic mass is 16.6. The van der Waals surface area contributed by atoms with Gasteiger partial charge >= 0.3 is 5.97 Å². The quantitative estimate of drug-likeness (QED) is 0.136. The van der Waals surface area contributed by atoms with Crippen molar-refractivity contribution in [3.8, 4) is 17.0 Å². The van der Waals surface area contributed by atoms with Gasteiger partial charge in [0.25, 0.3) is 5.69 Å². The number of hydrogen-bond donors (Lipinski definition) is 2. The molecule has 2 aromatic heterocycles. The van der Waals surface area contributed by atoms with E-state index in [9.17, 15) is 14.9 Å². The summed E-state index contributed by atoms with van der Waals surface area (Å²) in [5, 5.41) is 16.0. The summed E-state index contributed by atoms with van der Waals surface area (Å²) in [6.07, 6.45) is 3.18. The number of aromatic nitrogens is 3. The molecular weight excluding hydrogens is 526 g/mol. The summed E-state index contributed by atoms with van der Waals surface area (Å²) in [5.41, 5.74) is 2.77. The number of nitro benzene ring substituents is 1. The van der Waals surface area contributed by atoms with Gasteiger partial charge in [-0.1, -0.05) is 32.0 Å². The summed E-state index contributed by atoms with van der Waals surface area (Å²) in [4.78, 5) is 40.7. The summed E-state index contributed by atoms with van der Waals surface area (Å²) in [6, 6.07) is 10.7. The number of hydrogen-bond acceptors (Lipinski definition) is 10. The second-order valence-corrected chi connectivity index (χ2v) is 10.3. The smallest absolute Gasteiger partial charge is 0.341 e. The van der Waals surface area contributed by atoms with Crippen LogP contribution >= 0.6 is 0 Å². The molecule has 0 fully saturated rings. The van der Waals surface area contributed by atoms with Gasteiger partial charge in [-0.2, -0.15) is 0 Å². The Kier molecular flexibility index (Phi) is 9.03. The van der Waals surface area contributed by atoms with E-state index >= 15 is 0 Å². The lowest BCUT2D eigenvalue weighted by Crippen LogP contribution is -2.29. The van der Waals surface area contributed by atoms with Gasteiger partial charge in [-0.05, 0) is 26.1 Å². The Labute approximate surface area is 238 Å². The Bertz CT molecular complexity index is 1550. The maximum absolute atomic E-state index is 13.1. The topological polar surface area (TPSA) is 139 Å². The number of methoxy groups -OCH3 is 1. The number of ether oxygens (including phenoxy) is 2. The molecule has 0 radical (unpaired) electrons. The van der Waals surface area contributed by atoms with Crippen LogP contribution < -0.4 is 15.0 Å². The zero-order chi connectivity index (χ0) is 29.7. The van der Waals surface area contributed by atoms with E-state index < -0.39 is 10.9 Å². The molecule has 0 atom stereocenters. The highest BCUT2D eigenvalue weighted by Gasteiger charge is 2.24. The fourth-order valence-corrected chi connectivity index (χ4v) is 4.25. The molecule has 0 saturated carbocycles. The molecule has 0 aliphatic rings. The Hall–Kier alpha value is -4.71. The molecule has 12 heteroatoms. The van der Waals surface area contributed by atoms with Gasteiger partial charge in [-0.3, -0.25) is 10.1 Å². The second-order valence-electron chi connectivity index (χ2n) is 10.3. The maximum Gasteiger partial charge on any atom is 0.341 e. The number of esters is 1. The van der Waals surface area contributed by atoms with Crippen LogP contribution in [0.15, 0.2) is 48.8 Å². The van der Waals surface area contributed by atoms with Crippen molar-refractivity contribution in [1.82, 2.24) is 19.9 Å².